The molecule has 2 rings (SSSR count). The standard InChI is InChI=1S/C12H15NO3/c1-8-4-2-3-5-9(8)12(6-16-7-12)10(13)11(14)15/h2-5,10H,6-7,13H2,1H3,(H,14,15). The van der Waals surface area contributed by atoms with E-state index in [1.807, 2.05) is 31.2 Å². The van der Waals surface area contributed by atoms with Crippen LogP contribution in [0.5, 0.6) is 0 Å². The van der Waals surface area contributed by atoms with Gasteiger partial charge in [-0.05, 0) is 18.1 Å². The third-order valence-corrected chi connectivity index (χ3v) is 3.26. The SMILES string of the molecule is Cc1ccccc1C1(C(N)C(=O)O)COC1. The number of hydrogen-bond acceptors (Lipinski definition) is 3. The van der Waals surface area contributed by atoms with E-state index < -0.39 is 17.4 Å². The third-order valence-electron chi connectivity index (χ3n) is 3.26. The van der Waals surface area contributed by atoms with Crippen LogP contribution in [-0.4, -0.2) is 30.3 Å². The zero-order valence-corrected chi connectivity index (χ0v) is 9.14. The second-order valence-corrected chi connectivity index (χ2v) is 4.28. The molecule has 0 radical (unpaired) electrons. The molecule has 4 heteroatoms. The van der Waals surface area contributed by atoms with E-state index in [4.69, 9.17) is 15.6 Å². The number of rotatable bonds is 3. The molecule has 1 aromatic rings. The minimum absolute atomic E-state index is 0.380. The fourth-order valence-corrected chi connectivity index (χ4v) is 2.19. The van der Waals surface area contributed by atoms with Gasteiger partial charge in [0.05, 0.1) is 18.6 Å². The monoisotopic (exact) mass is 221 g/mol. The normalized spacial score (nSPS) is 19.9. The Bertz CT molecular complexity index is 412. The molecular weight excluding hydrogens is 206 g/mol. The summed E-state index contributed by atoms with van der Waals surface area (Å²) in [6.45, 7) is 2.72. The molecule has 3 N–H and O–H groups in total. The van der Waals surface area contributed by atoms with E-state index in [9.17, 15) is 4.79 Å². The van der Waals surface area contributed by atoms with Crippen molar-refractivity contribution in [1.29, 1.82) is 0 Å². The molecule has 0 saturated carbocycles. The third kappa shape index (κ3) is 1.50. The second-order valence-electron chi connectivity index (χ2n) is 4.28. The van der Waals surface area contributed by atoms with Gasteiger partial charge >= 0.3 is 5.97 Å². The van der Waals surface area contributed by atoms with Crippen LogP contribution in [0.2, 0.25) is 0 Å². The number of aliphatic carboxylic acids is 1. The fourth-order valence-electron chi connectivity index (χ4n) is 2.19. The average molecular weight is 221 g/mol. The maximum Gasteiger partial charge on any atom is 0.321 e. The van der Waals surface area contributed by atoms with Crippen molar-refractivity contribution < 1.29 is 14.6 Å². The molecule has 1 atom stereocenters. The van der Waals surface area contributed by atoms with Gasteiger partial charge in [0, 0.05) is 0 Å². The Balaban J connectivity index is 2.43. The van der Waals surface area contributed by atoms with Crippen LogP contribution in [-0.2, 0) is 14.9 Å². The summed E-state index contributed by atoms with van der Waals surface area (Å²) < 4.78 is 5.18. The highest BCUT2D eigenvalue weighted by molar-refractivity contribution is 5.76. The Morgan fingerprint density at radius 3 is 2.56 bits per heavy atom. The van der Waals surface area contributed by atoms with Gasteiger partial charge in [0.15, 0.2) is 0 Å². The summed E-state index contributed by atoms with van der Waals surface area (Å²) >= 11 is 0. The number of benzene rings is 1. The highest BCUT2D eigenvalue weighted by Gasteiger charge is 2.49. The zero-order valence-electron chi connectivity index (χ0n) is 9.14. The minimum atomic E-state index is -0.980. The van der Waals surface area contributed by atoms with E-state index in [1.165, 1.54) is 0 Å². The first kappa shape index (κ1) is 11.1. The minimum Gasteiger partial charge on any atom is -0.480 e. The summed E-state index contributed by atoms with van der Waals surface area (Å²) in [5.41, 5.74) is 7.26. The van der Waals surface area contributed by atoms with E-state index in [1.54, 1.807) is 0 Å². The Labute approximate surface area is 94.0 Å². The second kappa shape index (κ2) is 3.88. The first-order valence-corrected chi connectivity index (χ1v) is 5.20. The van der Waals surface area contributed by atoms with Crippen molar-refractivity contribution >= 4 is 5.97 Å². The Morgan fingerprint density at radius 2 is 2.12 bits per heavy atom. The van der Waals surface area contributed by atoms with Crippen molar-refractivity contribution in [3.05, 3.63) is 35.4 Å². The van der Waals surface area contributed by atoms with Crippen molar-refractivity contribution in [1.82, 2.24) is 0 Å². The van der Waals surface area contributed by atoms with Gasteiger partial charge in [-0.1, -0.05) is 24.3 Å². The summed E-state index contributed by atoms with van der Waals surface area (Å²) in [6.07, 6.45) is 0. The Hall–Kier alpha value is -1.39. The molecule has 16 heavy (non-hydrogen) atoms. The van der Waals surface area contributed by atoms with Crippen LogP contribution in [0.25, 0.3) is 0 Å². The number of nitrogens with two attached hydrogens (primary N) is 1. The van der Waals surface area contributed by atoms with Crippen LogP contribution in [0, 0.1) is 6.92 Å². The zero-order chi connectivity index (χ0) is 11.8. The lowest BCUT2D eigenvalue weighted by molar-refractivity contribution is -0.148. The highest BCUT2D eigenvalue weighted by Crippen LogP contribution is 2.36. The molecule has 0 bridgehead atoms. The number of aryl methyl sites for hydroxylation is 1. The van der Waals surface area contributed by atoms with Gasteiger partial charge in [0.25, 0.3) is 0 Å². The predicted octanol–water partition coefficient (Wildman–Crippen LogP) is 0.675. The average Bonchev–Trinajstić information content (AvgIpc) is 2.18. The highest BCUT2D eigenvalue weighted by atomic mass is 16.5. The maximum absolute atomic E-state index is 11.0. The molecule has 0 aliphatic carbocycles. The number of carbonyl (C=O) groups is 1. The van der Waals surface area contributed by atoms with Gasteiger partial charge in [-0.15, -0.1) is 0 Å². The van der Waals surface area contributed by atoms with E-state index in [0.29, 0.717) is 13.2 Å². The van der Waals surface area contributed by atoms with E-state index in [2.05, 4.69) is 0 Å². The molecule has 1 aromatic carbocycles. The molecule has 4 nitrogen and oxygen atoms in total. The van der Waals surface area contributed by atoms with Gasteiger partial charge in [-0.3, -0.25) is 4.79 Å². The number of carboxylic acid groups (broad SMARTS) is 1. The first-order chi connectivity index (χ1) is 7.58. The fraction of sp³-hybridized carbons (Fsp3) is 0.417. The maximum atomic E-state index is 11.0. The van der Waals surface area contributed by atoms with Crippen molar-refractivity contribution in [3.63, 3.8) is 0 Å². The van der Waals surface area contributed by atoms with Crippen molar-refractivity contribution in [3.8, 4) is 0 Å². The van der Waals surface area contributed by atoms with Crippen LogP contribution < -0.4 is 5.73 Å². The quantitative estimate of drug-likeness (QED) is 0.787. The lowest BCUT2D eigenvalue weighted by Crippen LogP contribution is -2.62. The van der Waals surface area contributed by atoms with Gasteiger partial charge in [-0.2, -0.15) is 0 Å². The van der Waals surface area contributed by atoms with Crippen LogP contribution in [0.1, 0.15) is 11.1 Å². The van der Waals surface area contributed by atoms with Gasteiger partial charge in [0.2, 0.25) is 0 Å². The molecule has 1 heterocycles. The van der Waals surface area contributed by atoms with Crippen molar-refractivity contribution in [2.24, 2.45) is 5.73 Å². The number of hydrogen-bond donors (Lipinski definition) is 2. The molecule has 1 fully saturated rings. The van der Waals surface area contributed by atoms with Crippen LogP contribution >= 0.6 is 0 Å². The Kier molecular flexibility index (Phi) is 2.69. The molecule has 86 valence electrons. The molecular formula is C12H15NO3. The van der Waals surface area contributed by atoms with E-state index in [0.717, 1.165) is 11.1 Å². The molecule has 1 aliphatic rings. The smallest absolute Gasteiger partial charge is 0.321 e. The van der Waals surface area contributed by atoms with Crippen LogP contribution in [0.4, 0.5) is 0 Å². The van der Waals surface area contributed by atoms with Crippen molar-refractivity contribution in [2.75, 3.05) is 13.2 Å². The summed E-state index contributed by atoms with van der Waals surface area (Å²) in [5, 5.41) is 9.05. The summed E-state index contributed by atoms with van der Waals surface area (Å²) in [6, 6.07) is 6.81. The molecule has 1 aliphatic heterocycles. The van der Waals surface area contributed by atoms with Gasteiger partial charge in [0.1, 0.15) is 6.04 Å². The Morgan fingerprint density at radius 1 is 1.50 bits per heavy atom. The van der Waals surface area contributed by atoms with Crippen molar-refractivity contribution in [2.45, 2.75) is 18.4 Å². The summed E-state index contributed by atoms with van der Waals surface area (Å²) in [5.74, 6) is -0.980. The van der Waals surface area contributed by atoms with Crippen LogP contribution in [0.3, 0.4) is 0 Å². The number of carboxylic acids is 1. The molecule has 0 aromatic heterocycles. The summed E-state index contributed by atoms with van der Waals surface area (Å²) in [4.78, 5) is 11.0. The van der Waals surface area contributed by atoms with E-state index in [-0.39, 0.29) is 0 Å². The van der Waals surface area contributed by atoms with Crippen LogP contribution in [0.15, 0.2) is 24.3 Å². The summed E-state index contributed by atoms with van der Waals surface area (Å²) in [7, 11) is 0. The van der Waals surface area contributed by atoms with E-state index >= 15 is 0 Å². The molecule has 0 spiro atoms. The molecule has 0 amide bonds. The molecule has 1 unspecified atom stereocenters. The predicted molar refractivity (Wildman–Crippen MR) is 59.3 cm³/mol. The molecule has 1 saturated heterocycles. The number of ether oxygens (including phenoxy) is 1. The largest absolute Gasteiger partial charge is 0.480 e. The van der Waals surface area contributed by atoms with Gasteiger partial charge < -0.3 is 15.6 Å². The lowest BCUT2D eigenvalue weighted by atomic mass is 9.71. The van der Waals surface area contributed by atoms with Gasteiger partial charge in [-0.25, -0.2) is 0 Å². The topological polar surface area (TPSA) is 72.6 Å². The first-order valence-electron chi connectivity index (χ1n) is 5.20. The lowest BCUT2D eigenvalue weighted by Gasteiger charge is -2.45.